The molecule has 0 aliphatic carbocycles. The van der Waals surface area contributed by atoms with E-state index in [-0.39, 0.29) is 12.2 Å². The summed E-state index contributed by atoms with van der Waals surface area (Å²) >= 11 is 0. The van der Waals surface area contributed by atoms with Crippen LogP contribution in [0.15, 0.2) is 53.1 Å². The summed E-state index contributed by atoms with van der Waals surface area (Å²) in [6.45, 7) is 2.12. The van der Waals surface area contributed by atoms with Gasteiger partial charge in [-0.15, -0.1) is 0 Å². The molecule has 2 rings (SSSR count). The summed E-state index contributed by atoms with van der Waals surface area (Å²) in [5, 5.41) is 5.20. The lowest BCUT2D eigenvalue weighted by atomic mass is 10.1. The number of benzene rings is 1. The standard InChI is InChI=1S/C20H24N2O6/c1-14(18(23)21-10-12-26-2)28-20(25)16(13-15-7-4-3-5-8-15)22-19(24)17-9-6-11-27-17/h3-9,11,14,16H,10,12-13H2,1-2H3,(H,21,23)(H,22,24)/t14-,16-/m0/s1. The molecule has 8 heteroatoms. The van der Waals surface area contributed by atoms with Crippen molar-refractivity contribution in [2.75, 3.05) is 20.3 Å². The zero-order valence-corrected chi connectivity index (χ0v) is 15.8. The predicted octanol–water partition coefficient (Wildman–Crippen LogP) is 1.31. The predicted molar refractivity (Wildman–Crippen MR) is 101 cm³/mol. The molecule has 28 heavy (non-hydrogen) atoms. The summed E-state index contributed by atoms with van der Waals surface area (Å²) in [5.74, 6) is -1.62. The van der Waals surface area contributed by atoms with Gasteiger partial charge in [0.15, 0.2) is 11.9 Å². The molecular weight excluding hydrogens is 364 g/mol. The fraction of sp³-hybridized carbons (Fsp3) is 0.350. The van der Waals surface area contributed by atoms with E-state index in [1.54, 1.807) is 6.07 Å². The van der Waals surface area contributed by atoms with Crippen molar-refractivity contribution >= 4 is 17.8 Å². The Kier molecular flexibility index (Phi) is 8.23. The molecule has 2 N–H and O–H groups in total. The molecule has 2 atom stereocenters. The van der Waals surface area contributed by atoms with Crippen LogP contribution in [0.2, 0.25) is 0 Å². The van der Waals surface area contributed by atoms with Crippen molar-refractivity contribution < 1.29 is 28.3 Å². The Morgan fingerprint density at radius 1 is 1.11 bits per heavy atom. The first-order valence-corrected chi connectivity index (χ1v) is 8.86. The second kappa shape index (κ2) is 10.9. The maximum Gasteiger partial charge on any atom is 0.329 e. The largest absolute Gasteiger partial charge is 0.459 e. The second-order valence-corrected chi connectivity index (χ2v) is 6.06. The van der Waals surface area contributed by atoms with Crippen LogP contribution in [0.25, 0.3) is 0 Å². The van der Waals surface area contributed by atoms with Crippen LogP contribution in [0, 0.1) is 0 Å². The highest BCUT2D eigenvalue weighted by Crippen LogP contribution is 2.08. The number of carbonyl (C=O) groups is 3. The van der Waals surface area contributed by atoms with Crippen molar-refractivity contribution in [3.05, 3.63) is 60.1 Å². The molecule has 2 aromatic rings. The van der Waals surface area contributed by atoms with E-state index < -0.39 is 29.9 Å². The molecule has 0 bridgehead atoms. The summed E-state index contributed by atoms with van der Waals surface area (Å²) in [7, 11) is 1.52. The topological polar surface area (TPSA) is 107 Å². The molecule has 0 unspecified atom stereocenters. The third-order valence-corrected chi connectivity index (χ3v) is 3.89. The molecular formula is C20H24N2O6. The number of ether oxygens (including phenoxy) is 2. The molecule has 1 aromatic carbocycles. The van der Waals surface area contributed by atoms with E-state index in [1.807, 2.05) is 30.3 Å². The number of nitrogens with one attached hydrogen (secondary N) is 2. The number of esters is 1. The van der Waals surface area contributed by atoms with Crippen molar-refractivity contribution in [3.63, 3.8) is 0 Å². The number of rotatable bonds is 10. The highest BCUT2D eigenvalue weighted by Gasteiger charge is 2.27. The van der Waals surface area contributed by atoms with Crippen LogP contribution in [-0.2, 0) is 25.5 Å². The van der Waals surface area contributed by atoms with Crippen molar-refractivity contribution in [2.24, 2.45) is 0 Å². The number of hydrogen-bond acceptors (Lipinski definition) is 6. The van der Waals surface area contributed by atoms with Crippen LogP contribution < -0.4 is 10.6 Å². The van der Waals surface area contributed by atoms with Gasteiger partial charge in [0.1, 0.15) is 6.04 Å². The average molecular weight is 388 g/mol. The van der Waals surface area contributed by atoms with Crippen molar-refractivity contribution in [3.8, 4) is 0 Å². The monoisotopic (exact) mass is 388 g/mol. The van der Waals surface area contributed by atoms with Crippen LogP contribution >= 0.6 is 0 Å². The van der Waals surface area contributed by atoms with Gasteiger partial charge in [0.2, 0.25) is 0 Å². The maximum absolute atomic E-state index is 12.6. The van der Waals surface area contributed by atoms with Crippen LogP contribution in [0.3, 0.4) is 0 Å². The fourth-order valence-electron chi connectivity index (χ4n) is 2.41. The first kappa shape index (κ1) is 21.2. The van der Waals surface area contributed by atoms with E-state index in [0.29, 0.717) is 13.2 Å². The highest BCUT2D eigenvalue weighted by molar-refractivity contribution is 5.95. The number of carbonyl (C=O) groups excluding carboxylic acids is 3. The summed E-state index contributed by atoms with van der Waals surface area (Å²) in [4.78, 5) is 36.9. The number of furan rings is 1. The van der Waals surface area contributed by atoms with Gasteiger partial charge >= 0.3 is 5.97 Å². The Labute approximate surface area is 163 Å². The lowest BCUT2D eigenvalue weighted by Gasteiger charge is -2.20. The third kappa shape index (κ3) is 6.55. The van der Waals surface area contributed by atoms with Gasteiger partial charge in [0.05, 0.1) is 12.9 Å². The van der Waals surface area contributed by atoms with Crippen LogP contribution in [0.5, 0.6) is 0 Å². The molecule has 0 saturated heterocycles. The molecule has 0 saturated carbocycles. The summed E-state index contributed by atoms with van der Waals surface area (Å²) in [6.07, 6.45) is 0.568. The highest BCUT2D eigenvalue weighted by atomic mass is 16.5. The van der Waals surface area contributed by atoms with Crippen LogP contribution in [0.4, 0.5) is 0 Å². The summed E-state index contributed by atoms with van der Waals surface area (Å²) in [5.41, 5.74) is 0.835. The Morgan fingerprint density at radius 3 is 2.50 bits per heavy atom. The number of methoxy groups -OCH3 is 1. The van der Waals surface area contributed by atoms with Gasteiger partial charge in [-0.1, -0.05) is 30.3 Å². The minimum Gasteiger partial charge on any atom is -0.459 e. The van der Waals surface area contributed by atoms with Gasteiger partial charge in [-0.3, -0.25) is 9.59 Å². The van der Waals surface area contributed by atoms with Crippen LogP contribution in [-0.4, -0.2) is 50.2 Å². The Hall–Kier alpha value is -3.13. The van der Waals surface area contributed by atoms with E-state index in [1.165, 1.54) is 26.4 Å². The van der Waals surface area contributed by atoms with Gasteiger partial charge in [-0.2, -0.15) is 0 Å². The van der Waals surface area contributed by atoms with E-state index >= 15 is 0 Å². The van der Waals surface area contributed by atoms with Gasteiger partial charge in [0.25, 0.3) is 11.8 Å². The molecule has 150 valence electrons. The first-order valence-electron chi connectivity index (χ1n) is 8.86. The van der Waals surface area contributed by atoms with Crippen molar-refractivity contribution in [2.45, 2.75) is 25.5 Å². The molecule has 1 heterocycles. The lowest BCUT2D eigenvalue weighted by Crippen LogP contribution is -2.46. The minimum absolute atomic E-state index is 0.0798. The summed E-state index contributed by atoms with van der Waals surface area (Å²) < 4.78 is 15.2. The van der Waals surface area contributed by atoms with Gasteiger partial charge in [-0.05, 0) is 24.6 Å². The second-order valence-electron chi connectivity index (χ2n) is 6.06. The van der Waals surface area contributed by atoms with E-state index in [9.17, 15) is 14.4 Å². The zero-order valence-electron chi connectivity index (χ0n) is 15.8. The number of amides is 2. The maximum atomic E-state index is 12.6. The Bertz CT molecular complexity index is 760. The van der Waals surface area contributed by atoms with Crippen molar-refractivity contribution in [1.82, 2.24) is 10.6 Å². The molecule has 8 nitrogen and oxygen atoms in total. The molecule has 2 amide bonds. The SMILES string of the molecule is COCCNC(=O)[C@H](C)OC(=O)[C@H](Cc1ccccc1)NC(=O)c1ccco1. The van der Waals surface area contributed by atoms with Gasteiger partial charge in [0, 0.05) is 20.1 Å². The minimum atomic E-state index is -1.01. The Morgan fingerprint density at radius 2 is 1.86 bits per heavy atom. The normalized spacial score (nSPS) is 12.6. The molecule has 0 spiro atoms. The third-order valence-electron chi connectivity index (χ3n) is 3.89. The van der Waals surface area contributed by atoms with Gasteiger partial charge in [-0.25, -0.2) is 4.79 Å². The van der Waals surface area contributed by atoms with Crippen LogP contribution in [0.1, 0.15) is 23.0 Å². The van der Waals surface area contributed by atoms with E-state index in [2.05, 4.69) is 10.6 Å². The van der Waals surface area contributed by atoms with Crippen molar-refractivity contribution in [1.29, 1.82) is 0 Å². The molecule has 0 aliphatic rings. The summed E-state index contributed by atoms with van der Waals surface area (Å²) in [6, 6.07) is 11.3. The average Bonchev–Trinajstić information content (AvgIpc) is 3.23. The fourth-order valence-corrected chi connectivity index (χ4v) is 2.41. The van der Waals surface area contributed by atoms with E-state index in [4.69, 9.17) is 13.9 Å². The Balaban J connectivity index is 2.03. The van der Waals surface area contributed by atoms with Gasteiger partial charge < -0.3 is 24.5 Å². The zero-order chi connectivity index (χ0) is 20.4. The van der Waals surface area contributed by atoms with E-state index in [0.717, 1.165) is 5.56 Å². The quantitative estimate of drug-likeness (QED) is 0.470. The lowest BCUT2D eigenvalue weighted by molar-refractivity contribution is -0.156. The molecule has 0 aliphatic heterocycles. The molecule has 0 radical (unpaired) electrons. The number of hydrogen-bond donors (Lipinski definition) is 2. The molecule has 0 fully saturated rings. The molecule has 1 aromatic heterocycles. The smallest absolute Gasteiger partial charge is 0.329 e. The first-order chi connectivity index (χ1) is 13.5.